The number of carbonyl (C=O) groups is 3. The summed E-state index contributed by atoms with van der Waals surface area (Å²) in [5.41, 5.74) is 6.06. The highest BCUT2D eigenvalue weighted by atomic mass is 16.5. The van der Waals surface area contributed by atoms with Crippen molar-refractivity contribution in [2.45, 2.75) is 13.5 Å². The summed E-state index contributed by atoms with van der Waals surface area (Å²) < 4.78 is 10.6. The molecule has 0 atom stereocenters. The molecule has 0 aliphatic heterocycles. The molecule has 2 rings (SSSR count). The predicted octanol–water partition coefficient (Wildman–Crippen LogP) is 1.05. The number of ether oxygens (including phenoxy) is 2. The zero-order valence-corrected chi connectivity index (χ0v) is 14.2. The lowest BCUT2D eigenvalue weighted by molar-refractivity contribution is -0.118. The van der Waals surface area contributed by atoms with Crippen LogP contribution in [0.25, 0.3) is 0 Å². The fraction of sp³-hybridized carbons (Fsp3) is 0.222. The minimum atomic E-state index is -0.765. The quantitative estimate of drug-likeness (QED) is 0.711. The van der Waals surface area contributed by atoms with Crippen LogP contribution in [0.1, 0.15) is 33.3 Å². The smallest absolute Gasteiger partial charge is 0.339 e. The largest absolute Gasteiger partial charge is 0.486 e. The second-order valence-electron chi connectivity index (χ2n) is 5.15. The molecule has 0 spiro atoms. The molecule has 1 heterocycles. The topological polar surface area (TPSA) is 121 Å². The molecule has 0 fully saturated rings. The summed E-state index contributed by atoms with van der Waals surface area (Å²) >= 11 is 0. The zero-order valence-electron chi connectivity index (χ0n) is 14.2. The molecule has 0 saturated carbocycles. The van der Waals surface area contributed by atoms with E-state index in [4.69, 9.17) is 15.2 Å². The van der Waals surface area contributed by atoms with Gasteiger partial charge >= 0.3 is 5.97 Å². The number of nitrogens with two attached hydrogens (primary N) is 1. The number of nitrogens with one attached hydrogen (secondary N) is 1. The Balaban J connectivity index is 2.28. The molecule has 2 aromatic rings. The molecule has 2 amide bonds. The molecule has 0 aliphatic rings. The molecule has 8 nitrogen and oxygen atoms in total. The third-order valence-electron chi connectivity index (χ3n) is 3.25. The molecule has 0 radical (unpaired) electrons. The van der Waals surface area contributed by atoms with E-state index in [9.17, 15) is 14.4 Å². The van der Waals surface area contributed by atoms with Gasteiger partial charge in [-0.25, -0.2) is 9.78 Å². The van der Waals surface area contributed by atoms with E-state index in [1.165, 1.54) is 12.3 Å². The first-order valence-corrected chi connectivity index (χ1v) is 7.93. The van der Waals surface area contributed by atoms with Crippen molar-refractivity contribution in [2.75, 3.05) is 13.2 Å². The molecule has 0 aliphatic carbocycles. The number of nitrogens with zero attached hydrogens (tertiary/aromatic N) is 1. The minimum Gasteiger partial charge on any atom is -0.486 e. The summed E-state index contributed by atoms with van der Waals surface area (Å²) in [5, 5.41) is 2.10. The maximum atomic E-state index is 12.2. The summed E-state index contributed by atoms with van der Waals surface area (Å²) in [6.45, 7) is 1.69. The van der Waals surface area contributed by atoms with E-state index < -0.39 is 17.8 Å². The Bertz CT molecular complexity index is 793. The van der Waals surface area contributed by atoms with E-state index in [0.717, 1.165) is 5.56 Å². The van der Waals surface area contributed by atoms with E-state index in [2.05, 4.69) is 10.3 Å². The number of pyridine rings is 1. The second kappa shape index (κ2) is 9.28. The molecule has 1 aromatic heterocycles. The first-order chi connectivity index (χ1) is 12.5. The number of amides is 2. The van der Waals surface area contributed by atoms with Gasteiger partial charge in [0.25, 0.3) is 5.91 Å². The van der Waals surface area contributed by atoms with Crippen molar-refractivity contribution in [3.8, 4) is 5.75 Å². The van der Waals surface area contributed by atoms with Gasteiger partial charge in [-0.3, -0.25) is 14.9 Å². The van der Waals surface area contributed by atoms with Gasteiger partial charge in [0.15, 0.2) is 11.4 Å². The van der Waals surface area contributed by atoms with Crippen molar-refractivity contribution in [3.63, 3.8) is 0 Å². The van der Waals surface area contributed by atoms with Crippen molar-refractivity contribution in [1.29, 1.82) is 0 Å². The number of benzene rings is 1. The van der Waals surface area contributed by atoms with Crippen molar-refractivity contribution in [1.82, 2.24) is 10.3 Å². The first kappa shape index (κ1) is 19.1. The summed E-state index contributed by atoms with van der Waals surface area (Å²) in [6, 6.07) is 10.6. The minimum absolute atomic E-state index is 0.0572. The number of esters is 1. The molecular formula is C18H19N3O5. The summed E-state index contributed by atoms with van der Waals surface area (Å²) in [4.78, 5) is 39.4. The van der Waals surface area contributed by atoms with Crippen LogP contribution in [-0.4, -0.2) is 35.9 Å². The fourth-order valence-corrected chi connectivity index (χ4v) is 2.02. The Morgan fingerprint density at radius 1 is 1.19 bits per heavy atom. The molecule has 136 valence electrons. The monoisotopic (exact) mass is 357 g/mol. The molecule has 26 heavy (non-hydrogen) atoms. The van der Waals surface area contributed by atoms with Crippen LogP contribution in [-0.2, 0) is 16.1 Å². The highest BCUT2D eigenvalue weighted by Crippen LogP contribution is 2.20. The lowest BCUT2D eigenvalue weighted by Crippen LogP contribution is -2.36. The number of carbonyl (C=O) groups excluding carboxylic acids is 3. The van der Waals surface area contributed by atoms with Crippen LogP contribution in [0, 0.1) is 0 Å². The van der Waals surface area contributed by atoms with Crippen molar-refractivity contribution >= 4 is 17.8 Å². The van der Waals surface area contributed by atoms with E-state index in [-0.39, 0.29) is 36.8 Å². The van der Waals surface area contributed by atoms with Crippen LogP contribution < -0.4 is 15.8 Å². The Kier molecular flexibility index (Phi) is 6.81. The van der Waals surface area contributed by atoms with E-state index in [1.54, 1.807) is 6.92 Å². The maximum Gasteiger partial charge on any atom is 0.339 e. The van der Waals surface area contributed by atoms with E-state index in [1.807, 2.05) is 30.3 Å². The van der Waals surface area contributed by atoms with Gasteiger partial charge in [0.1, 0.15) is 6.61 Å². The average Bonchev–Trinajstić information content (AvgIpc) is 2.67. The maximum absolute atomic E-state index is 12.2. The van der Waals surface area contributed by atoms with Gasteiger partial charge in [-0.05, 0) is 18.6 Å². The zero-order chi connectivity index (χ0) is 18.9. The molecule has 0 bridgehead atoms. The fourth-order valence-electron chi connectivity index (χ4n) is 2.02. The lowest BCUT2D eigenvalue weighted by Gasteiger charge is -2.12. The normalized spacial score (nSPS) is 10.1. The third kappa shape index (κ3) is 5.12. The first-order valence-electron chi connectivity index (χ1n) is 7.93. The van der Waals surface area contributed by atoms with Crippen molar-refractivity contribution in [2.24, 2.45) is 5.73 Å². The van der Waals surface area contributed by atoms with Gasteiger partial charge in [-0.1, -0.05) is 30.3 Å². The molecule has 0 saturated heterocycles. The Hall–Kier alpha value is -3.26. The summed E-state index contributed by atoms with van der Waals surface area (Å²) in [7, 11) is 0. The van der Waals surface area contributed by atoms with Crippen LogP contribution >= 0.6 is 0 Å². The van der Waals surface area contributed by atoms with Gasteiger partial charge in [-0.2, -0.15) is 0 Å². The van der Waals surface area contributed by atoms with Crippen LogP contribution in [0.3, 0.4) is 0 Å². The average molecular weight is 357 g/mol. The lowest BCUT2D eigenvalue weighted by atomic mass is 10.2. The Morgan fingerprint density at radius 2 is 1.92 bits per heavy atom. The standard InChI is InChI=1S/C18H19N3O5/c1-2-25-18(24)13-8-14(26-11-12-6-4-3-5-7-12)16(20-10-13)17(23)21-15(22)9-19/h3-8,10H,2,9,11,19H2,1H3,(H,21,22,23). The molecule has 0 unspecified atom stereocenters. The summed E-state index contributed by atoms with van der Waals surface area (Å²) in [5.74, 6) is -1.95. The molecule has 8 heteroatoms. The van der Waals surface area contributed by atoms with Gasteiger partial charge in [-0.15, -0.1) is 0 Å². The highest BCUT2D eigenvalue weighted by Gasteiger charge is 2.20. The number of hydrogen-bond acceptors (Lipinski definition) is 7. The Morgan fingerprint density at radius 3 is 2.58 bits per heavy atom. The SMILES string of the molecule is CCOC(=O)c1cnc(C(=O)NC(=O)CN)c(OCc2ccccc2)c1. The van der Waals surface area contributed by atoms with E-state index in [0.29, 0.717) is 0 Å². The van der Waals surface area contributed by atoms with Gasteiger partial charge in [0.05, 0.1) is 18.7 Å². The molecule has 3 N–H and O–H groups in total. The third-order valence-corrected chi connectivity index (χ3v) is 3.25. The van der Waals surface area contributed by atoms with Crippen LogP contribution in [0.2, 0.25) is 0 Å². The highest BCUT2D eigenvalue weighted by molar-refractivity contribution is 6.06. The number of rotatable bonds is 7. The Labute approximate surface area is 150 Å². The second-order valence-corrected chi connectivity index (χ2v) is 5.15. The van der Waals surface area contributed by atoms with Crippen LogP contribution in [0.5, 0.6) is 5.75 Å². The number of hydrogen-bond donors (Lipinski definition) is 2. The van der Waals surface area contributed by atoms with Crippen LogP contribution in [0.4, 0.5) is 0 Å². The number of aromatic nitrogens is 1. The number of imide groups is 1. The van der Waals surface area contributed by atoms with Crippen molar-refractivity contribution in [3.05, 3.63) is 59.4 Å². The van der Waals surface area contributed by atoms with Gasteiger partial charge in [0, 0.05) is 6.20 Å². The van der Waals surface area contributed by atoms with Crippen molar-refractivity contribution < 1.29 is 23.9 Å². The van der Waals surface area contributed by atoms with E-state index >= 15 is 0 Å². The summed E-state index contributed by atoms with van der Waals surface area (Å²) in [6.07, 6.45) is 1.19. The van der Waals surface area contributed by atoms with Gasteiger partial charge in [0.2, 0.25) is 5.91 Å². The molecular weight excluding hydrogens is 338 g/mol. The predicted molar refractivity (Wildman–Crippen MR) is 92.5 cm³/mol. The van der Waals surface area contributed by atoms with Gasteiger partial charge < -0.3 is 15.2 Å². The molecule has 1 aromatic carbocycles. The van der Waals surface area contributed by atoms with Crippen LogP contribution in [0.15, 0.2) is 42.6 Å².